The molecule has 0 spiro atoms. The van der Waals surface area contributed by atoms with E-state index in [1.54, 1.807) is 12.4 Å². The van der Waals surface area contributed by atoms with E-state index < -0.39 is 18.0 Å². The van der Waals surface area contributed by atoms with Gasteiger partial charge in [-0.15, -0.1) is 0 Å². The number of rotatable bonds is 4. The number of carboxylic acid groups (broad SMARTS) is 1. The molecule has 7 nitrogen and oxygen atoms in total. The highest BCUT2D eigenvalue weighted by molar-refractivity contribution is 5.82. The molecule has 0 bridgehead atoms. The van der Waals surface area contributed by atoms with Gasteiger partial charge in [0.25, 0.3) is 0 Å². The Bertz CT molecular complexity index is 336. The maximum Gasteiger partial charge on any atom is 0.325 e. The summed E-state index contributed by atoms with van der Waals surface area (Å²) in [4.78, 5) is 21.5. The normalized spacial score (nSPS) is 11.8. The highest BCUT2D eigenvalue weighted by Crippen LogP contribution is 1.91. The average Bonchev–Trinajstić information content (AvgIpc) is 2.66. The first-order valence-electron chi connectivity index (χ1n) is 4.34. The van der Waals surface area contributed by atoms with E-state index in [9.17, 15) is 9.59 Å². The van der Waals surface area contributed by atoms with Crippen molar-refractivity contribution in [3.05, 3.63) is 18.0 Å². The van der Waals surface area contributed by atoms with Crippen LogP contribution in [0.3, 0.4) is 0 Å². The van der Waals surface area contributed by atoms with E-state index in [4.69, 9.17) is 5.11 Å². The van der Waals surface area contributed by atoms with Gasteiger partial charge in [0.15, 0.2) is 0 Å². The molecule has 0 saturated heterocycles. The van der Waals surface area contributed by atoms with Crippen molar-refractivity contribution in [1.29, 1.82) is 0 Å². The summed E-state index contributed by atoms with van der Waals surface area (Å²) in [5.41, 5.74) is 0.813. The van der Waals surface area contributed by atoms with Crippen LogP contribution < -0.4 is 10.6 Å². The number of amides is 2. The van der Waals surface area contributed by atoms with Crippen LogP contribution in [0.4, 0.5) is 4.79 Å². The van der Waals surface area contributed by atoms with E-state index in [1.165, 1.54) is 6.92 Å². The van der Waals surface area contributed by atoms with Crippen LogP contribution in [0, 0.1) is 0 Å². The molecule has 0 aliphatic heterocycles. The van der Waals surface area contributed by atoms with Crippen LogP contribution in [0.5, 0.6) is 0 Å². The molecule has 1 aromatic rings. The van der Waals surface area contributed by atoms with E-state index in [-0.39, 0.29) is 0 Å². The molecule has 0 radical (unpaired) electrons. The lowest BCUT2D eigenvalue weighted by molar-refractivity contribution is -0.138. The van der Waals surface area contributed by atoms with Gasteiger partial charge in [0.2, 0.25) is 0 Å². The second-order valence-corrected chi connectivity index (χ2v) is 2.99. The van der Waals surface area contributed by atoms with E-state index in [0.29, 0.717) is 6.54 Å². The molecule has 15 heavy (non-hydrogen) atoms. The second kappa shape index (κ2) is 4.99. The SMILES string of the molecule is C[C@@H](NC(=O)NCc1cn[nH]c1)C(=O)O. The summed E-state index contributed by atoms with van der Waals surface area (Å²) in [6, 6.07) is -1.43. The number of hydrogen-bond donors (Lipinski definition) is 4. The molecule has 7 heteroatoms. The molecule has 0 saturated carbocycles. The first kappa shape index (κ1) is 11.0. The van der Waals surface area contributed by atoms with Crippen LogP contribution in [-0.2, 0) is 11.3 Å². The van der Waals surface area contributed by atoms with Crippen LogP contribution in [-0.4, -0.2) is 33.3 Å². The molecule has 1 heterocycles. The van der Waals surface area contributed by atoms with Gasteiger partial charge in [0.1, 0.15) is 6.04 Å². The third-order valence-electron chi connectivity index (χ3n) is 1.73. The number of carbonyl (C=O) groups excluding carboxylic acids is 1. The van der Waals surface area contributed by atoms with Crippen LogP contribution in [0.15, 0.2) is 12.4 Å². The highest BCUT2D eigenvalue weighted by Gasteiger charge is 2.13. The van der Waals surface area contributed by atoms with E-state index in [2.05, 4.69) is 20.8 Å². The molecule has 0 aromatic carbocycles. The Morgan fingerprint density at radius 2 is 2.40 bits per heavy atom. The molecule has 1 rings (SSSR count). The summed E-state index contributed by atoms with van der Waals surface area (Å²) in [7, 11) is 0. The molecule has 2 amide bonds. The number of nitrogens with one attached hydrogen (secondary N) is 3. The number of carboxylic acids is 1. The van der Waals surface area contributed by atoms with Crippen molar-refractivity contribution in [3.63, 3.8) is 0 Å². The smallest absolute Gasteiger partial charge is 0.325 e. The topological polar surface area (TPSA) is 107 Å². The number of H-pyrrole nitrogens is 1. The molecule has 4 N–H and O–H groups in total. The lowest BCUT2D eigenvalue weighted by Gasteiger charge is -2.09. The largest absolute Gasteiger partial charge is 0.480 e. The lowest BCUT2D eigenvalue weighted by atomic mass is 10.3. The highest BCUT2D eigenvalue weighted by atomic mass is 16.4. The Morgan fingerprint density at radius 3 is 2.93 bits per heavy atom. The predicted molar refractivity (Wildman–Crippen MR) is 51.1 cm³/mol. The fourth-order valence-electron chi connectivity index (χ4n) is 0.866. The van der Waals surface area contributed by atoms with Crippen molar-refractivity contribution in [2.24, 2.45) is 0 Å². The van der Waals surface area contributed by atoms with Crippen LogP contribution in [0.2, 0.25) is 0 Å². The molecule has 0 aliphatic carbocycles. The van der Waals surface area contributed by atoms with Crippen molar-refractivity contribution < 1.29 is 14.7 Å². The molecule has 0 aliphatic rings. The number of nitrogens with zero attached hydrogens (tertiary/aromatic N) is 1. The molecular formula is C8H12N4O3. The van der Waals surface area contributed by atoms with E-state index in [1.807, 2.05) is 0 Å². The lowest BCUT2D eigenvalue weighted by Crippen LogP contribution is -2.44. The van der Waals surface area contributed by atoms with Crippen molar-refractivity contribution in [3.8, 4) is 0 Å². The van der Waals surface area contributed by atoms with Gasteiger partial charge < -0.3 is 15.7 Å². The average molecular weight is 212 g/mol. The van der Waals surface area contributed by atoms with Crippen molar-refractivity contribution in [1.82, 2.24) is 20.8 Å². The molecule has 1 aromatic heterocycles. The minimum absolute atomic E-state index is 0.300. The monoisotopic (exact) mass is 212 g/mol. The summed E-state index contributed by atoms with van der Waals surface area (Å²) in [6.45, 7) is 1.69. The first-order valence-corrected chi connectivity index (χ1v) is 4.34. The summed E-state index contributed by atoms with van der Waals surface area (Å²) < 4.78 is 0. The molecule has 1 atom stereocenters. The number of urea groups is 1. The van der Waals surface area contributed by atoms with Crippen molar-refractivity contribution in [2.45, 2.75) is 19.5 Å². The number of aromatic nitrogens is 2. The third kappa shape index (κ3) is 3.67. The van der Waals surface area contributed by atoms with Gasteiger partial charge in [0.05, 0.1) is 6.20 Å². The number of carbonyl (C=O) groups is 2. The first-order chi connectivity index (χ1) is 7.09. The Balaban J connectivity index is 2.28. The zero-order valence-electron chi connectivity index (χ0n) is 8.15. The van der Waals surface area contributed by atoms with Crippen LogP contribution >= 0.6 is 0 Å². The standard InChI is InChI=1S/C8H12N4O3/c1-5(7(13)14)12-8(15)9-2-6-3-10-11-4-6/h3-5H,2H2,1H3,(H,10,11)(H,13,14)(H2,9,12,15)/t5-/m1/s1. The summed E-state index contributed by atoms with van der Waals surface area (Å²) >= 11 is 0. The Morgan fingerprint density at radius 1 is 1.67 bits per heavy atom. The van der Waals surface area contributed by atoms with Gasteiger partial charge in [-0.25, -0.2) is 4.79 Å². The van der Waals surface area contributed by atoms with E-state index in [0.717, 1.165) is 5.56 Å². The maximum atomic E-state index is 11.1. The zero-order chi connectivity index (χ0) is 11.3. The Labute approximate surface area is 85.9 Å². The number of aliphatic carboxylic acids is 1. The summed E-state index contributed by atoms with van der Waals surface area (Å²) in [5, 5.41) is 19.6. The Kier molecular flexibility index (Phi) is 3.67. The van der Waals surface area contributed by atoms with Crippen LogP contribution in [0.1, 0.15) is 12.5 Å². The fraction of sp³-hybridized carbons (Fsp3) is 0.375. The number of hydrogen-bond acceptors (Lipinski definition) is 3. The van der Waals surface area contributed by atoms with Crippen molar-refractivity contribution >= 4 is 12.0 Å². The van der Waals surface area contributed by atoms with Crippen LogP contribution in [0.25, 0.3) is 0 Å². The van der Waals surface area contributed by atoms with Gasteiger partial charge in [-0.2, -0.15) is 5.10 Å². The predicted octanol–water partition coefficient (Wildman–Crippen LogP) is -0.318. The van der Waals surface area contributed by atoms with Gasteiger partial charge in [-0.05, 0) is 6.92 Å². The van der Waals surface area contributed by atoms with Gasteiger partial charge in [-0.3, -0.25) is 9.89 Å². The van der Waals surface area contributed by atoms with Gasteiger partial charge in [-0.1, -0.05) is 0 Å². The molecule has 0 fully saturated rings. The summed E-state index contributed by atoms with van der Waals surface area (Å²) in [5.74, 6) is -1.08. The van der Waals surface area contributed by atoms with Gasteiger partial charge >= 0.3 is 12.0 Å². The maximum absolute atomic E-state index is 11.1. The minimum atomic E-state index is -1.08. The molecule has 0 unspecified atom stereocenters. The van der Waals surface area contributed by atoms with Gasteiger partial charge in [0, 0.05) is 18.3 Å². The molecule has 82 valence electrons. The zero-order valence-corrected chi connectivity index (χ0v) is 8.15. The summed E-state index contributed by atoms with van der Waals surface area (Å²) in [6.07, 6.45) is 3.21. The van der Waals surface area contributed by atoms with E-state index >= 15 is 0 Å². The second-order valence-electron chi connectivity index (χ2n) is 2.99. The quantitative estimate of drug-likeness (QED) is 0.548. The van der Waals surface area contributed by atoms with Crippen molar-refractivity contribution in [2.75, 3.05) is 0 Å². The fourth-order valence-corrected chi connectivity index (χ4v) is 0.866. The molecular weight excluding hydrogens is 200 g/mol. The number of aromatic amines is 1. The minimum Gasteiger partial charge on any atom is -0.480 e. The Hall–Kier alpha value is -2.05. The third-order valence-corrected chi connectivity index (χ3v) is 1.73.